The number of carbonyl (C=O) groups excluding carboxylic acids is 1. The molecule has 1 amide bonds. The molecule has 2 saturated carbocycles. The topological polar surface area (TPSA) is 77.9 Å². The lowest BCUT2D eigenvalue weighted by Gasteiger charge is -2.35. The largest absolute Gasteiger partial charge is 0.490 e. The highest BCUT2D eigenvalue weighted by atomic mass is 19.4. The van der Waals surface area contributed by atoms with Crippen molar-refractivity contribution in [2.75, 3.05) is 5.32 Å². The molecule has 3 aromatic rings. The van der Waals surface area contributed by atoms with Crippen LogP contribution in [-0.2, 0) is 11.0 Å². The summed E-state index contributed by atoms with van der Waals surface area (Å²) < 4.78 is 44.2. The van der Waals surface area contributed by atoms with Gasteiger partial charge < -0.3 is 15.0 Å². The van der Waals surface area contributed by atoms with Crippen LogP contribution in [0.3, 0.4) is 0 Å². The number of alkyl halides is 3. The first-order valence-electron chi connectivity index (χ1n) is 10.5. The van der Waals surface area contributed by atoms with Crippen LogP contribution in [0.5, 0.6) is 5.75 Å². The van der Waals surface area contributed by atoms with Crippen molar-refractivity contribution in [1.29, 1.82) is 5.26 Å². The number of aromatic nitrogens is 1. The van der Waals surface area contributed by atoms with Crippen molar-refractivity contribution in [3.63, 3.8) is 0 Å². The minimum Gasteiger partial charge on any atom is -0.490 e. The van der Waals surface area contributed by atoms with Gasteiger partial charge in [0.25, 0.3) is 0 Å². The van der Waals surface area contributed by atoms with E-state index in [1.165, 1.54) is 0 Å². The second-order valence-electron chi connectivity index (χ2n) is 8.50. The van der Waals surface area contributed by atoms with Gasteiger partial charge in [-0.05, 0) is 61.1 Å². The lowest BCUT2D eigenvalue weighted by molar-refractivity contribution is -0.137. The number of H-pyrrole nitrogens is 1. The van der Waals surface area contributed by atoms with Crippen molar-refractivity contribution in [3.05, 3.63) is 59.8 Å². The quantitative estimate of drug-likeness (QED) is 0.542. The number of ether oxygens (including phenoxy) is 1. The van der Waals surface area contributed by atoms with Gasteiger partial charge in [-0.2, -0.15) is 18.4 Å². The van der Waals surface area contributed by atoms with Crippen LogP contribution in [0, 0.1) is 23.2 Å². The zero-order chi connectivity index (χ0) is 22.5. The van der Waals surface area contributed by atoms with E-state index in [2.05, 4.69) is 16.4 Å². The number of nitrogens with zero attached hydrogens (tertiary/aromatic N) is 1. The highest BCUT2D eigenvalue weighted by Gasteiger charge is 2.43. The van der Waals surface area contributed by atoms with Crippen molar-refractivity contribution < 1.29 is 22.7 Å². The Labute approximate surface area is 182 Å². The van der Waals surface area contributed by atoms with Gasteiger partial charge in [0, 0.05) is 17.1 Å². The first-order chi connectivity index (χ1) is 15.3. The van der Waals surface area contributed by atoms with Gasteiger partial charge in [0.2, 0.25) is 5.91 Å². The standard InChI is InChI=1S/C24H20F3N3O2/c25-24(26,27)16-3-1-13(2-4-16)14-7-18(8-14)32-17-5-6-21-20(10-17)22(12-29-21)30-23(31)19-9-15(19)11-28/h1-6,10,12,14-15,18-19,29H,7-9H2,(H,30,31)/t14?,15?,18?,19-/m0/s1. The maximum atomic E-state index is 12.7. The van der Waals surface area contributed by atoms with E-state index in [1.807, 2.05) is 18.2 Å². The average Bonchev–Trinajstić information content (AvgIpc) is 3.44. The summed E-state index contributed by atoms with van der Waals surface area (Å²) in [6.07, 6.45) is -0.551. The Morgan fingerprint density at radius 2 is 1.88 bits per heavy atom. The summed E-state index contributed by atoms with van der Waals surface area (Å²) in [5, 5.41) is 12.6. The Kier molecular flexibility index (Phi) is 4.85. The van der Waals surface area contributed by atoms with Crippen LogP contribution in [0.1, 0.15) is 36.3 Å². The van der Waals surface area contributed by atoms with Crippen molar-refractivity contribution >= 4 is 22.5 Å². The van der Waals surface area contributed by atoms with Crippen LogP contribution in [0.2, 0.25) is 0 Å². The van der Waals surface area contributed by atoms with E-state index in [-0.39, 0.29) is 29.8 Å². The van der Waals surface area contributed by atoms with Crippen molar-refractivity contribution in [3.8, 4) is 11.8 Å². The third kappa shape index (κ3) is 3.91. The summed E-state index contributed by atoms with van der Waals surface area (Å²) >= 11 is 0. The first kappa shape index (κ1) is 20.4. The highest BCUT2D eigenvalue weighted by Crippen LogP contribution is 2.41. The fraction of sp³-hybridized carbons (Fsp3) is 0.333. The first-order valence-corrected chi connectivity index (χ1v) is 10.5. The molecule has 2 aliphatic carbocycles. The number of anilines is 1. The molecule has 1 aromatic heterocycles. The van der Waals surface area contributed by atoms with Crippen LogP contribution in [0.25, 0.3) is 10.9 Å². The molecule has 1 heterocycles. The van der Waals surface area contributed by atoms with Crippen LogP contribution in [-0.4, -0.2) is 17.0 Å². The Bertz CT molecular complexity index is 1200. The number of carbonyl (C=O) groups is 1. The molecule has 2 fully saturated rings. The maximum absolute atomic E-state index is 12.7. The van der Waals surface area contributed by atoms with Gasteiger partial charge >= 0.3 is 6.18 Å². The molecule has 2 aromatic carbocycles. The molecule has 0 radical (unpaired) electrons. The predicted molar refractivity (Wildman–Crippen MR) is 112 cm³/mol. The van der Waals surface area contributed by atoms with Gasteiger partial charge in [0.05, 0.1) is 35.3 Å². The smallest absolute Gasteiger partial charge is 0.416 e. The molecular weight excluding hydrogens is 419 g/mol. The Morgan fingerprint density at radius 1 is 1.12 bits per heavy atom. The van der Waals surface area contributed by atoms with Crippen molar-refractivity contribution in [1.82, 2.24) is 4.98 Å². The number of benzene rings is 2. The summed E-state index contributed by atoms with van der Waals surface area (Å²) in [7, 11) is 0. The fourth-order valence-corrected chi connectivity index (χ4v) is 4.20. The molecule has 2 N–H and O–H groups in total. The van der Waals surface area contributed by atoms with Crippen LogP contribution in [0.4, 0.5) is 18.9 Å². The normalized spacial score (nSPS) is 24.4. The number of fused-ring (bicyclic) bond motifs is 1. The molecule has 32 heavy (non-hydrogen) atoms. The molecule has 1 unspecified atom stereocenters. The second kappa shape index (κ2) is 7.59. The lowest BCUT2D eigenvalue weighted by Crippen LogP contribution is -2.32. The minimum atomic E-state index is -4.32. The molecule has 0 spiro atoms. The van der Waals surface area contributed by atoms with E-state index in [9.17, 15) is 18.0 Å². The summed E-state index contributed by atoms with van der Waals surface area (Å²) in [5.74, 6) is 0.253. The summed E-state index contributed by atoms with van der Waals surface area (Å²) in [4.78, 5) is 15.4. The van der Waals surface area contributed by atoms with Gasteiger partial charge in [-0.3, -0.25) is 4.79 Å². The number of amides is 1. The predicted octanol–water partition coefficient (Wildman–Crippen LogP) is 5.61. The number of hydrogen-bond donors (Lipinski definition) is 2. The molecule has 5 nitrogen and oxygen atoms in total. The molecule has 2 atom stereocenters. The second-order valence-corrected chi connectivity index (χ2v) is 8.50. The SMILES string of the molecule is N#CC1C[C@@H]1C(=O)Nc1c[nH]c2ccc(OC3CC(c4ccc(C(F)(F)F)cc4)C3)cc12. The van der Waals surface area contributed by atoms with Gasteiger partial charge in [0.15, 0.2) is 0 Å². The van der Waals surface area contributed by atoms with E-state index in [4.69, 9.17) is 10.00 Å². The Balaban J connectivity index is 1.21. The van der Waals surface area contributed by atoms with E-state index in [1.54, 1.807) is 18.3 Å². The monoisotopic (exact) mass is 439 g/mol. The lowest BCUT2D eigenvalue weighted by atomic mass is 9.77. The number of nitrogens with one attached hydrogen (secondary N) is 2. The van der Waals surface area contributed by atoms with Crippen LogP contribution < -0.4 is 10.1 Å². The Hall–Kier alpha value is -3.47. The molecule has 2 aliphatic rings. The number of nitriles is 1. The summed E-state index contributed by atoms with van der Waals surface area (Å²) in [6, 6.07) is 13.0. The number of rotatable bonds is 5. The molecule has 0 bridgehead atoms. The third-order valence-electron chi connectivity index (χ3n) is 6.31. The van der Waals surface area contributed by atoms with Crippen LogP contribution in [0.15, 0.2) is 48.7 Å². The minimum absolute atomic E-state index is 0.0143. The zero-order valence-corrected chi connectivity index (χ0v) is 16.9. The molecule has 5 rings (SSSR count). The van der Waals surface area contributed by atoms with Crippen LogP contribution >= 0.6 is 0 Å². The number of aromatic amines is 1. The Morgan fingerprint density at radius 3 is 2.53 bits per heavy atom. The van der Waals surface area contributed by atoms with E-state index in [0.717, 1.165) is 41.4 Å². The molecule has 0 saturated heterocycles. The molecule has 0 aliphatic heterocycles. The van der Waals surface area contributed by atoms with Crippen molar-refractivity contribution in [2.24, 2.45) is 11.8 Å². The van der Waals surface area contributed by atoms with Crippen molar-refractivity contribution in [2.45, 2.75) is 37.5 Å². The molecular formula is C24H20F3N3O2. The third-order valence-corrected chi connectivity index (χ3v) is 6.31. The van der Waals surface area contributed by atoms with Gasteiger partial charge in [-0.15, -0.1) is 0 Å². The highest BCUT2D eigenvalue weighted by molar-refractivity contribution is 6.03. The van der Waals surface area contributed by atoms with Gasteiger partial charge in [-0.25, -0.2) is 0 Å². The summed E-state index contributed by atoms with van der Waals surface area (Å²) in [6.45, 7) is 0. The van der Waals surface area contributed by atoms with Gasteiger partial charge in [-0.1, -0.05) is 12.1 Å². The number of halogens is 3. The molecule has 8 heteroatoms. The maximum Gasteiger partial charge on any atom is 0.416 e. The zero-order valence-electron chi connectivity index (χ0n) is 16.9. The average molecular weight is 439 g/mol. The fourth-order valence-electron chi connectivity index (χ4n) is 4.20. The number of hydrogen-bond acceptors (Lipinski definition) is 3. The van der Waals surface area contributed by atoms with E-state index < -0.39 is 11.7 Å². The van der Waals surface area contributed by atoms with E-state index >= 15 is 0 Å². The summed E-state index contributed by atoms with van der Waals surface area (Å²) in [5.41, 5.74) is 1.76. The van der Waals surface area contributed by atoms with E-state index in [0.29, 0.717) is 17.9 Å². The van der Waals surface area contributed by atoms with Gasteiger partial charge in [0.1, 0.15) is 5.75 Å². The molecule has 164 valence electrons.